The molecule has 0 radical (unpaired) electrons. The highest BCUT2D eigenvalue weighted by Crippen LogP contribution is 2.22. The molecule has 0 unspecified atom stereocenters. The van der Waals surface area contributed by atoms with Crippen molar-refractivity contribution < 1.29 is 23.9 Å². The molecule has 0 saturated heterocycles. The molecule has 3 rings (SSSR count). The van der Waals surface area contributed by atoms with Gasteiger partial charge in [-0.15, -0.1) is 0 Å². The first-order valence-corrected chi connectivity index (χ1v) is 9.74. The molecule has 0 bridgehead atoms. The fraction of sp³-hybridized carbons (Fsp3) is 0.273. The van der Waals surface area contributed by atoms with E-state index in [1.54, 1.807) is 48.5 Å². The summed E-state index contributed by atoms with van der Waals surface area (Å²) in [6.07, 6.45) is 0.418. The van der Waals surface area contributed by atoms with Crippen LogP contribution in [-0.2, 0) is 9.59 Å². The van der Waals surface area contributed by atoms with Crippen molar-refractivity contribution in [3.63, 3.8) is 0 Å². The van der Waals surface area contributed by atoms with Crippen molar-refractivity contribution in [3.05, 3.63) is 59.7 Å². The van der Waals surface area contributed by atoms with Crippen molar-refractivity contribution in [3.8, 4) is 5.75 Å². The fourth-order valence-electron chi connectivity index (χ4n) is 3.11. The summed E-state index contributed by atoms with van der Waals surface area (Å²) in [5, 5.41) is 5.22. The van der Waals surface area contributed by atoms with Crippen molar-refractivity contribution in [1.82, 2.24) is 10.2 Å². The summed E-state index contributed by atoms with van der Waals surface area (Å²) in [4.78, 5) is 49.6. The van der Waals surface area contributed by atoms with Gasteiger partial charge in [0.05, 0.1) is 24.3 Å². The Balaban J connectivity index is 1.37. The molecule has 0 atom stereocenters. The molecule has 8 nitrogen and oxygen atoms in total. The van der Waals surface area contributed by atoms with Gasteiger partial charge >= 0.3 is 0 Å². The fourth-order valence-corrected chi connectivity index (χ4v) is 3.11. The van der Waals surface area contributed by atoms with Gasteiger partial charge < -0.3 is 15.4 Å². The molecule has 2 aromatic carbocycles. The van der Waals surface area contributed by atoms with Gasteiger partial charge in [-0.3, -0.25) is 24.1 Å². The number of imide groups is 1. The van der Waals surface area contributed by atoms with Crippen LogP contribution >= 0.6 is 0 Å². The summed E-state index contributed by atoms with van der Waals surface area (Å²) in [5.74, 6) is -0.653. The molecular weight excluding hydrogens is 386 g/mol. The standard InChI is InChI=1S/C22H23N3O5/c1-2-30-16-11-9-15(10-12-16)24-20(27)14-23-19(26)8-5-13-25-21(28)17-6-3-4-7-18(17)22(25)29/h3-4,6-7,9-12H,2,5,8,13-14H2,1H3,(H,23,26)(H,24,27). The van der Waals surface area contributed by atoms with Gasteiger partial charge in [-0.1, -0.05) is 12.1 Å². The third-order valence-corrected chi connectivity index (χ3v) is 4.56. The Morgan fingerprint density at radius 2 is 1.57 bits per heavy atom. The zero-order chi connectivity index (χ0) is 21.5. The van der Waals surface area contributed by atoms with E-state index in [0.29, 0.717) is 35.6 Å². The van der Waals surface area contributed by atoms with Crippen LogP contribution in [0.5, 0.6) is 5.75 Å². The Hall–Kier alpha value is -3.68. The Bertz CT molecular complexity index is 921. The zero-order valence-electron chi connectivity index (χ0n) is 16.6. The lowest BCUT2D eigenvalue weighted by Gasteiger charge is -2.13. The van der Waals surface area contributed by atoms with Crippen LogP contribution in [0.4, 0.5) is 5.69 Å². The lowest BCUT2D eigenvalue weighted by molar-refractivity contribution is -0.124. The van der Waals surface area contributed by atoms with Crippen LogP contribution in [0, 0.1) is 0 Å². The summed E-state index contributed by atoms with van der Waals surface area (Å²) < 4.78 is 5.34. The molecule has 30 heavy (non-hydrogen) atoms. The molecule has 1 aliphatic rings. The molecule has 4 amide bonds. The van der Waals surface area contributed by atoms with E-state index in [2.05, 4.69) is 10.6 Å². The first-order valence-electron chi connectivity index (χ1n) is 9.74. The van der Waals surface area contributed by atoms with Crippen LogP contribution in [0.2, 0.25) is 0 Å². The second-order valence-corrected chi connectivity index (χ2v) is 6.69. The van der Waals surface area contributed by atoms with Crippen molar-refractivity contribution in [2.45, 2.75) is 19.8 Å². The van der Waals surface area contributed by atoms with Gasteiger partial charge in [0.15, 0.2) is 0 Å². The molecule has 2 aromatic rings. The highest BCUT2D eigenvalue weighted by atomic mass is 16.5. The number of ether oxygens (including phenoxy) is 1. The number of anilines is 1. The van der Waals surface area contributed by atoms with Gasteiger partial charge in [0.1, 0.15) is 5.75 Å². The number of carbonyl (C=O) groups excluding carboxylic acids is 4. The van der Waals surface area contributed by atoms with E-state index in [4.69, 9.17) is 4.74 Å². The minimum atomic E-state index is -0.354. The number of fused-ring (bicyclic) bond motifs is 1. The number of carbonyl (C=O) groups is 4. The van der Waals surface area contributed by atoms with E-state index < -0.39 is 0 Å². The number of amides is 4. The minimum Gasteiger partial charge on any atom is -0.494 e. The first kappa shape index (κ1) is 21.0. The van der Waals surface area contributed by atoms with Crippen LogP contribution in [0.25, 0.3) is 0 Å². The highest BCUT2D eigenvalue weighted by molar-refractivity contribution is 6.21. The predicted octanol–water partition coefficient (Wildman–Crippen LogP) is 2.22. The molecule has 0 fully saturated rings. The van der Waals surface area contributed by atoms with Crippen LogP contribution in [0.15, 0.2) is 48.5 Å². The van der Waals surface area contributed by atoms with Crippen LogP contribution in [-0.4, -0.2) is 48.2 Å². The Morgan fingerprint density at radius 1 is 0.933 bits per heavy atom. The van der Waals surface area contributed by atoms with E-state index >= 15 is 0 Å². The number of rotatable bonds is 9. The number of hydrogen-bond acceptors (Lipinski definition) is 5. The molecule has 8 heteroatoms. The van der Waals surface area contributed by atoms with Crippen molar-refractivity contribution in [1.29, 1.82) is 0 Å². The van der Waals surface area contributed by atoms with E-state index in [-0.39, 0.29) is 43.1 Å². The van der Waals surface area contributed by atoms with Gasteiger partial charge in [-0.25, -0.2) is 0 Å². The summed E-state index contributed by atoms with van der Waals surface area (Å²) in [5.41, 5.74) is 1.37. The molecule has 0 spiro atoms. The lowest BCUT2D eigenvalue weighted by atomic mass is 10.1. The van der Waals surface area contributed by atoms with E-state index in [0.717, 1.165) is 4.90 Å². The Morgan fingerprint density at radius 3 is 2.17 bits per heavy atom. The molecule has 0 saturated carbocycles. The van der Waals surface area contributed by atoms with E-state index in [1.807, 2.05) is 6.92 Å². The predicted molar refractivity (Wildman–Crippen MR) is 110 cm³/mol. The monoisotopic (exact) mass is 409 g/mol. The highest BCUT2D eigenvalue weighted by Gasteiger charge is 2.34. The summed E-state index contributed by atoms with van der Waals surface area (Å²) in [7, 11) is 0. The quantitative estimate of drug-likeness (QED) is 0.618. The Labute approximate surface area is 174 Å². The average molecular weight is 409 g/mol. The molecule has 0 aromatic heterocycles. The van der Waals surface area contributed by atoms with Gasteiger partial charge in [-0.05, 0) is 49.7 Å². The maximum Gasteiger partial charge on any atom is 0.261 e. The first-order chi connectivity index (χ1) is 14.5. The normalized spacial score (nSPS) is 12.5. The Kier molecular flexibility index (Phi) is 6.79. The second kappa shape index (κ2) is 9.69. The number of nitrogens with zero attached hydrogens (tertiary/aromatic N) is 1. The second-order valence-electron chi connectivity index (χ2n) is 6.69. The van der Waals surface area contributed by atoms with Crippen molar-refractivity contribution in [2.75, 3.05) is 25.0 Å². The minimum absolute atomic E-state index is 0.101. The topological polar surface area (TPSA) is 105 Å². The van der Waals surface area contributed by atoms with Gasteiger partial charge in [0, 0.05) is 18.7 Å². The molecule has 156 valence electrons. The van der Waals surface area contributed by atoms with E-state index in [1.165, 1.54) is 0 Å². The summed E-state index contributed by atoms with van der Waals surface area (Å²) >= 11 is 0. The van der Waals surface area contributed by atoms with Crippen LogP contribution in [0.1, 0.15) is 40.5 Å². The lowest BCUT2D eigenvalue weighted by Crippen LogP contribution is -2.34. The summed E-state index contributed by atoms with van der Waals surface area (Å²) in [6, 6.07) is 13.6. The molecule has 1 aliphatic heterocycles. The third kappa shape index (κ3) is 5.02. The zero-order valence-corrected chi connectivity index (χ0v) is 16.6. The molecule has 1 heterocycles. The van der Waals surface area contributed by atoms with Crippen molar-refractivity contribution >= 4 is 29.3 Å². The van der Waals surface area contributed by atoms with Gasteiger partial charge in [-0.2, -0.15) is 0 Å². The molecule has 0 aliphatic carbocycles. The number of benzene rings is 2. The maximum absolute atomic E-state index is 12.3. The van der Waals surface area contributed by atoms with Crippen LogP contribution in [0.3, 0.4) is 0 Å². The van der Waals surface area contributed by atoms with Crippen LogP contribution < -0.4 is 15.4 Å². The van der Waals surface area contributed by atoms with Gasteiger partial charge in [0.2, 0.25) is 11.8 Å². The maximum atomic E-state index is 12.3. The molecular formula is C22H23N3O5. The average Bonchev–Trinajstić information content (AvgIpc) is 2.99. The molecule has 2 N–H and O–H groups in total. The third-order valence-electron chi connectivity index (χ3n) is 4.56. The number of hydrogen-bond donors (Lipinski definition) is 2. The summed E-state index contributed by atoms with van der Waals surface area (Å²) in [6.45, 7) is 2.43. The van der Waals surface area contributed by atoms with Gasteiger partial charge in [0.25, 0.3) is 11.8 Å². The van der Waals surface area contributed by atoms with E-state index in [9.17, 15) is 19.2 Å². The largest absolute Gasteiger partial charge is 0.494 e. The SMILES string of the molecule is CCOc1ccc(NC(=O)CNC(=O)CCCN2C(=O)c3ccccc3C2=O)cc1. The smallest absolute Gasteiger partial charge is 0.261 e. The number of nitrogens with one attached hydrogen (secondary N) is 2. The van der Waals surface area contributed by atoms with Crippen molar-refractivity contribution in [2.24, 2.45) is 0 Å².